The molecule has 7 heteroatoms. The molecular formula is C17H18N4O3. The van der Waals surface area contributed by atoms with Crippen molar-refractivity contribution in [1.82, 2.24) is 9.13 Å². The lowest BCUT2D eigenvalue weighted by Gasteiger charge is -2.11. The van der Waals surface area contributed by atoms with Gasteiger partial charge in [-0.15, -0.1) is 0 Å². The Morgan fingerprint density at radius 3 is 2.62 bits per heavy atom. The van der Waals surface area contributed by atoms with Gasteiger partial charge in [0.15, 0.2) is 0 Å². The van der Waals surface area contributed by atoms with Crippen molar-refractivity contribution in [3.05, 3.63) is 61.9 Å². The first-order chi connectivity index (χ1) is 11.4. The highest BCUT2D eigenvalue weighted by Crippen LogP contribution is 2.16. The van der Waals surface area contributed by atoms with E-state index in [-0.39, 0.29) is 5.56 Å². The zero-order valence-corrected chi connectivity index (χ0v) is 13.8. The van der Waals surface area contributed by atoms with E-state index in [1.807, 2.05) is 32.0 Å². The van der Waals surface area contributed by atoms with Gasteiger partial charge in [0.2, 0.25) is 5.91 Å². The molecule has 0 fully saturated rings. The Kier molecular flexibility index (Phi) is 4.99. The molecule has 1 N–H and O–H groups in total. The highest BCUT2D eigenvalue weighted by molar-refractivity contribution is 5.91. The summed E-state index contributed by atoms with van der Waals surface area (Å²) < 4.78 is 2.01. The number of nitrogens with one attached hydrogen (secondary N) is 1. The molecule has 0 atom stereocenters. The second-order valence-electron chi connectivity index (χ2n) is 5.48. The van der Waals surface area contributed by atoms with Crippen LogP contribution >= 0.6 is 0 Å². The van der Waals surface area contributed by atoms with Gasteiger partial charge in [-0.2, -0.15) is 5.26 Å². The second-order valence-corrected chi connectivity index (χ2v) is 5.48. The molecule has 24 heavy (non-hydrogen) atoms. The molecular weight excluding hydrogens is 308 g/mol. The average molecular weight is 326 g/mol. The Morgan fingerprint density at radius 2 is 2.00 bits per heavy atom. The van der Waals surface area contributed by atoms with Gasteiger partial charge < -0.3 is 5.32 Å². The molecule has 1 aromatic heterocycles. The van der Waals surface area contributed by atoms with Crippen LogP contribution in [0.5, 0.6) is 0 Å². The molecule has 1 heterocycles. The summed E-state index contributed by atoms with van der Waals surface area (Å²) in [6.45, 7) is 5.32. The fourth-order valence-electron chi connectivity index (χ4n) is 2.30. The number of benzene rings is 1. The number of hydrogen-bond acceptors (Lipinski definition) is 4. The molecule has 0 radical (unpaired) electrons. The van der Waals surface area contributed by atoms with Crippen LogP contribution in [-0.2, 0) is 17.9 Å². The van der Waals surface area contributed by atoms with Crippen LogP contribution < -0.4 is 16.6 Å². The first-order valence-electron chi connectivity index (χ1n) is 7.48. The molecule has 1 aromatic carbocycles. The first-order valence-corrected chi connectivity index (χ1v) is 7.48. The lowest BCUT2D eigenvalue weighted by atomic mass is 10.1. The summed E-state index contributed by atoms with van der Waals surface area (Å²) in [5.41, 5.74) is 0.933. The number of aromatic nitrogens is 2. The van der Waals surface area contributed by atoms with Gasteiger partial charge in [0.05, 0.1) is 0 Å². The van der Waals surface area contributed by atoms with Gasteiger partial charge in [-0.1, -0.05) is 12.1 Å². The second kappa shape index (κ2) is 6.96. The van der Waals surface area contributed by atoms with Crippen molar-refractivity contribution in [2.45, 2.75) is 33.9 Å². The highest BCUT2D eigenvalue weighted by atomic mass is 16.2. The third-order valence-corrected chi connectivity index (χ3v) is 3.67. The molecule has 7 nitrogen and oxygen atoms in total. The summed E-state index contributed by atoms with van der Waals surface area (Å²) in [4.78, 5) is 36.6. The smallest absolute Gasteiger partial charge is 0.324 e. The molecule has 0 spiro atoms. The molecule has 1 amide bonds. The van der Waals surface area contributed by atoms with Gasteiger partial charge in [-0.05, 0) is 38.0 Å². The number of carbonyl (C=O) groups is 1. The fourth-order valence-corrected chi connectivity index (χ4v) is 2.30. The van der Waals surface area contributed by atoms with E-state index in [4.69, 9.17) is 5.26 Å². The number of carbonyl (C=O) groups excluding carboxylic acids is 1. The topological polar surface area (TPSA) is 96.9 Å². The fraction of sp³-hybridized carbons (Fsp3) is 0.294. The van der Waals surface area contributed by atoms with Crippen LogP contribution in [-0.4, -0.2) is 15.0 Å². The average Bonchev–Trinajstić information content (AvgIpc) is 2.55. The predicted molar refractivity (Wildman–Crippen MR) is 89.9 cm³/mol. The molecule has 2 aromatic rings. The van der Waals surface area contributed by atoms with Crippen LogP contribution in [0.4, 0.5) is 5.69 Å². The van der Waals surface area contributed by atoms with E-state index in [0.29, 0.717) is 12.2 Å². The number of aryl methyl sites for hydroxylation is 3. The summed E-state index contributed by atoms with van der Waals surface area (Å²) in [5, 5.41) is 11.7. The molecule has 0 saturated heterocycles. The largest absolute Gasteiger partial charge is 0.331 e. The van der Waals surface area contributed by atoms with Crippen LogP contribution in [0.15, 0.2) is 34.0 Å². The minimum atomic E-state index is -0.761. The molecule has 0 bridgehead atoms. The maximum atomic E-state index is 12.2. The SMILES string of the molecule is CCn1cc(C#N)c(=O)n(CC(=O)Nc2cc(C)ccc2C)c1=O. The summed E-state index contributed by atoms with van der Waals surface area (Å²) in [6, 6.07) is 7.36. The lowest BCUT2D eigenvalue weighted by Crippen LogP contribution is -2.43. The summed E-state index contributed by atoms with van der Waals surface area (Å²) >= 11 is 0. The maximum Gasteiger partial charge on any atom is 0.331 e. The predicted octanol–water partition coefficient (Wildman–Crippen LogP) is 1.16. The third kappa shape index (κ3) is 3.43. The van der Waals surface area contributed by atoms with Crippen molar-refractivity contribution >= 4 is 11.6 Å². The molecule has 124 valence electrons. The minimum absolute atomic E-state index is 0.170. The molecule has 2 rings (SSSR count). The van der Waals surface area contributed by atoms with Crippen molar-refractivity contribution in [3.8, 4) is 6.07 Å². The van der Waals surface area contributed by atoms with Crippen LogP contribution in [0.1, 0.15) is 23.6 Å². The molecule has 0 aliphatic carbocycles. The Morgan fingerprint density at radius 1 is 1.29 bits per heavy atom. The van der Waals surface area contributed by atoms with Crippen LogP contribution in [0.25, 0.3) is 0 Å². The van der Waals surface area contributed by atoms with Crippen molar-refractivity contribution in [3.63, 3.8) is 0 Å². The lowest BCUT2D eigenvalue weighted by molar-refractivity contribution is -0.116. The first kappa shape index (κ1) is 17.2. The van der Waals surface area contributed by atoms with Crippen LogP contribution in [0.2, 0.25) is 0 Å². The summed E-state index contributed by atoms with van der Waals surface area (Å²) in [5.74, 6) is -0.499. The van der Waals surface area contributed by atoms with E-state index in [1.54, 1.807) is 13.0 Å². The Balaban J connectivity index is 2.36. The quantitative estimate of drug-likeness (QED) is 0.911. The number of nitriles is 1. The third-order valence-electron chi connectivity index (χ3n) is 3.67. The monoisotopic (exact) mass is 326 g/mol. The Hall–Kier alpha value is -3.14. The molecule has 0 unspecified atom stereocenters. The molecule has 0 aliphatic heterocycles. The zero-order valence-electron chi connectivity index (χ0n) is 13.8. The van der Waals surface area contributed by atoms with Gasteiger partial charge in [-0.25, -0.2) is 9.36 Å². The Labute approximate surface area is 138 Å². The maximum absolute atomic E-state index is 12.2. The summed E-state index contributed by atoms with van der Waals surface area (Å²) in [6.07, 6.45) is 1.21. The van der Waals surface area contributed by atoms with Crippen LogP contribution in [0.3, 0.4) is 0 Å². The van der Waals surface area contributed by atoms with Crippen molar-refractivity contribution in [1.29, 1.82) is 5.26 Å². The van der Waals surface area contributed by atoms with E-state index in [9.17, 15) is 14.4 Å². The van der Waals surface area contributed by atoms with Crippen molar-refractivity contribution < 1.29 is 4.79 Å². The molecule has 0 aliphatic rings. The number of hydrogen-bond donors (Lipinski definition) is 1. The van der Waals surface area contributed by atoms with Crippen LogP contribution in [0, 0.1) is 25.2 Å². The van der Waals surface area contributed by atoms with E-state index >= 15 is 0 Å². The normalized spacial score (nSPS) is 10.2. The number of amides is 1. The minimum Gasteiger partial charge on any atom is -0.324 e. The van der Waals surface area contributed by atoms with Crippen molar-refractivity contribution in [2.75, 3.05) is 5.32 Å². The number of nitrogens with zero attached hydrogens (tertiary/aromatic N) is 3. The Bertz CT molecular complexity index is 948. The number of rotatable bonds is 4. The van der Waals surface area contributed by atoms with E-state index in [2.05, 4.69) is 5.32 Å². The van der Waals surface area contributed by atoms with E-state index < -0.39 is 23.7 Å². The number of anilines is 1. The van der Waals surface area contributed by atoms with E-state index in [1.165, 1.54) is 10.8 Å². The summed E-state index contributed by atoms with van der Waals surface area (Å²) in [7, 11) is 0. The van der Waals surface area contributed by atoms with Gasteiger partial charge in [0.25, 0.3) is 5.56 Å². The standard InChI is InChI=1S/C17H18N4O3/c1-4-20-9-13(8-18)16(23)21(17(20)24)10-15(22)19-14-7-11(2)5-6-12(14)3/h5-7,9H,4,10H2,1-3H3,(H,19,22). The van der Waals surface area contributed by atoms with E-state index in [0.717, 1.165) is 15.7 Å². The van der Waals surface area contributed by atoms with Gasteiger partial charge >= 0.3 is 5.69 Å². The zero-order chi connectivity index (χ0) is 17.9. The highest BCUT2D eigenvalue weighted by Gasteiger charge is 2.14. The van der Waals surface area contributed by atoms with Crippen molar-refractivity contribution in [2.24, 2.45) is 0 Å². The van der Waals surface area contributed by atoms with Gasteiger partial charge in [0, 0.05) is 18.4 Å². The molecule has 0 saturated carbocycles. The van der Waals surface area contributed by atoms with Gasteiger partial charge in [0.1, 0.15) is 18.2 Å². The van der Waals surface area contributed by atoms with Gasteiger partial charge in [-0.3, -0.25) is 14.2 Å².